The molecule has 0 aliphatic rings. The molecule has 0 saturated carbocycles. The van der Waals surface area contributed by atoms with Crippen LogP contribution in [0.3, 0.4) is 0 Å². The molecule has 1 N–H and O–H groups in total. The first-order chi connectivity index (χ1) is 20.3. The maximum atomic E-state index is 13.9. The molecule has 0 spiro atoms. The molecule has 1 atom stereocenters. The molecule has 0 bridgehead atoms. The summed E-state index contributed by atoms with van der Waals surface area (Å²) in [6.45, 7) is 7.90. The summed E-state index contributed by atoms with van der Waals surface area (Å²) >= 11 is 0. The van der Waals surface area contributed by atoms with Crippen LogP contribution in [0.2, 0.25) is 0 Å². The monoisotopic (exact) mass is 595 g/mol. The Morgan fingerprint density at radius 1 is 0.884 bits per heavy atom. The van der Waals surface area contributed by atoms with Gasteiger partial charge in [0.15, 0.2) is 0 Å². The average Bonchev–Trinajstić information content (AvgIpc) is 3.00. The van der Waals surface area contributed by atoms with Crippen LogP contribution in [0.1, 0.15) is 55.5 Å². The number of aromatic nitrogens is 2. The van der Waals surface area contributed by atoms with Crippen LogP contribution in [0, 0.1) is 0 Å². The van der Waals surface area contributed by atoms with Gasteiger partial charge in [-0.15, -0.1) is 0 Å². The van der Waals surface area contributed by atoms with E-state index < -0.39 is 22.0 Å². The van der Waals surface area contributed by atoms with Crippen LogP contribution in [0.25, 0.3) is 27.7 Å². The number of hydrogen-bond donors (Lipinski definition) is 1. The lowest BCUT2D eigenvalue weighted by molar-refractivity contribution is 0.0697. The van der Waals surface area contributed by atoms with Gasteiger partial charge in [-0.2, -0.15) is 4.31 Å². The van der Waals surface area contributed by atoms with Gasteiger partial charge >= 0.3 is 5.97 Å². The number of fused-ring (bicyclic) bond motifs is 1. The standard InChI is InChI=1S/C34H33N3O5S/c1-22(36(5)43(41,42)28-19-15-26(16-20-28)34(2,3)4)31-35-30-12-7-6-11-29(30)32(38)37(31)27-17-13-23(14-18-27)24-9-8-10-25(21-24)33(39)40/h6-22H,1-5H3,(H,39,40). The topological polar surface area (TPSA) is 110 Å². The minimum Gasteiger partial charge on any atom is -0.478 e. The van der Waals surface area contributed by atoms with Gasteiger partial charge in [0.05, 0.1) is 33.1 Å². The van der Waals surface area contributed by atoms with Crippen molar-refractivity contribution in [3.05, 3.63) is 124 Å². The summed E-state index contributed by atoms with van der Waals surface area (Å²) in [4.78, 5) is 30.3. The number of para-hydroxylation sites is 1. The van der Waals surface area contributed by atoms with Crippen molar-refractivity contribution in [2.75, 3.05) is 7.05 Å². The second kappa shape index (κ2) is 11.2. The van der Waals surface area contributed by atoms with E-state index in [1.807, 2.05) is 18.2 Å². The highest BCUT2D eigenvalue weighted by molar-refractivity contribution is 7.89. The number of carboxylic acids is 1. The van der Waals surface area contributed by atoms with Gasteiger partial charge in [0.2, 0.25) is 10.0 Å². The molecule has 8 nitrogen and oxygen atoms in total. The lowest BCUT2D eigenvalue weighted by Crippen LogP contribution is -2.35. The highest BCUT2D eigenvalue weighted by Crippen LogP contribution is 2.30. The minimum atomic E-state index is -3.94. The van der Waals surface area contributed by atoms with Crippen molar-refractivity contribution in [1.29, 1.82) is 0 Å². The summed E-state index contributed by atoms with van der Waals surface area (Å²) in [5, 5.41) is 9.78. The van der Waals surface area contributed by atoms with Gasteiger partial charge in [0.25, 0.3) is 5.56 Å². The highest BCUT2D eigenvalue weighted by atomic mass is 32.2. The lowest BCUT2D eigenvalue weighted by Gasteiger charge is -2.27. The van der Waals surface area contributed by atoms with Gasteiger partial charge in [0.1, 0.15) is 5.82 Å². The van der Waals surface area contributed by atoms with E-state index in [1.165, 1.54) is 22.0 Å². The first-order valence-corrected chi connectivity index (χ1v) is 15.3. The summed E-state index contributed by atoms with van der Waals surface area (Å²) in [7, 11) is -2.45. The molecular formula is C34H33N3O5S. The number of carboxylic acid groups (broad SMARTS) is 1. The second-order valence-electron chi connectivity index (χ2n) is 11.5. The zero-order valence-corrected chi connectivity index (χ0v) is 25.5. The quantitative estimate of drug-likeness (QED) is 0.232. The molecule has 0 aliphatic carbocycles. The van der Waals surface area contributed by atoms with Crippen LogP contribution in [0.15, 0.2) is 107 Å². The molecule has 1 unspecified atom stereocenters. The van der Waals surface area contributed by atoms with E-state index in [2.05, 4.69) is 20.8 Å². The molecule has 43 heavy (non-hydrogen) atoms. The summed E-state index contributed by atoms with van der Waals surface area (Å²) < 4.78 is 30.2. The van der Waals surface area contributed by atoms with Crippen molar-refractivity contribution in [3.8, 4) is 16.8 Å². The third-order valence-corrected chi connectivity index (χ3v) is 9.63. The average molecular weight is 596 g/mol. The molecule has 9 heteroatoms. The Morgan fingerprint density at radius 3 is 2.16 bits per heavy atom. The van der Waals surface area contributed by atoms with Gasteiger partial charge < -0.3 is 5.11 Å². The predicted molar refractivity (Wildman–Crippen MR) is 168 cm³/mol. The normalized spacial score (nSPS) is 12.9. The van der Waals surface area contributed by atoms with Crippen LogP contribution in [-0.2, 0) is 15.4 Å². The smallest absolute Gasteiger partial charge is 0.335 e. The van der Waals surface area contributed by atoms with Gasteiger partial charge in [-0.1, -0.05) is 69.3 Å². The number of aromatic carboxylic acids is 1. The second-order valence-corrected chi connectivity index (χ2v) is 13.5. The molecule has 4 aromatic carbocycles. The number of hydrogen-bond acceptors (Lipinski definition) is 5. The Balaban J connectivity index is 1.59. The largest absolute Gasteiger partial charge is 0.478 e. The zero-order chi connectivity index (χ0) is 31.1. The Morgan fingerprint density at radius 2 is 1.53 bits per heavy atom. The van der Waals surface area contributed by atoms with E-state index in [4.69, 9.17) is 4.98 Å². The number of carbonyl (C=O) groups is 1. The maximum Gasteiger partial charge on any atom is 0.335 e. The van der Waals surface area contributed by atoms with Crippen molar-refractivity contribution < 1.29 is 18.3 Å². The fraction of sp³-hybridized carbons (Fsp3) is 0.206. The fourth-order valence-electron chi connectivity index (χ4n) is 4.98. The van der Waals surface area contributed by atoms with E-state index in [1.54, 1.807) is 79.7 Å². The molecule has 0 radical (unpaired) electrons. The van der Waals surface area contributed by atoms with E-state index in [0.29, 0.717) is 22.2 Å². The van der Waals surface area contributed by atoms with Crippen molar-refractivity contribution >= 4 is 26.9 Å². The van der Waals surface area contributed by atoms with E-state index in [-0.39, 0.29) is 27.3 Å². The van der Waals surface area contributed by atoms with E-state index in [0.717, 1.165) is 11.1 Å². The van der Waals surface area contributed by atoms with Crippen molar-refractivity contribution in [2.24, 2.45) is 0 Å². The van der Waals surface area contributed by atoms with Gasteiger partial charge in [-0.05, 0) is 77.6 Å². The first-order valence-electron chi connectivity index (χ1n) is 13.8. The van der Waals surface area contributed by atoms with Crippen molar-refractivity contribution in [1.82, 2.24) is 13.9 Å². The van der Waals surface area contributed by atoms with Crippen molar-refractivity contribution in [3.63, 3.8) is 0 Å². The third kappa shape index (κ3) is 5.74. The molecule has 5 aromatic rings. The number of nitrogens with zero attached hydrogens (tertiary/aromatic N) is 3. The number of rotatable bonds is 7. The Labute approximate surface area is 250 Å². The van der Waals surface area contributed by atoms with Crippen LogP contribution in [0.5, 0.6) is 0 Å². The first kappa shape index (κ1) is 29.9. The minimum absolute atomic E-state index is 0.124. The third-order valence-electron chi connectivity index (χ3n) is 7.69. The maximum absolute atomic E-state index is 13.9. The lowest BCUT2D eigenvalue weighted by atomic mass is 9.87. The SMILES string of the molecule is CC(c1nc2ccccc2c(=O)n1-c1ccc(-c2cccc(C(=O)O)c2)cc1)N(C)S(=O)(=O)c1ccc(C(C)(C)C)cc1. The molecule has 220 valence electrons. The van der Waals surface area contributed by atoms with Crippen LogP contribution in [0.4, 0.5) is 0 Å². The van der Waals surface area contributed by atoms with Crippen molar-refractivity contribution in [2.45, 2.75) is 44.0 Å². The zero-order valence-electron chi connectivity index (χ0n) is 24.6. The molecule has 0 amide bonds. The van der Waals surface area contributed by atoms with Gasteiger partial charge in [-0.3, -0.25) is 9.36 Å². The van der Waals surface area contributed by atoms with E-state index >= 15 is 0 Å². The molecular weight excluding hydrogens is 562 g/mol. The summed E-state index contributed by atoms with van der Waals surface area (Å²) in [6.07, 6.45) is 0. The molecule has 0 aliphatic heterocycles. The Hall–Kier alpha value is -4.60. The van der Waals surface area contributed by atoms with Gasteiger partial charge in [-0.25, -0.2) is 18.2 Å². The molecule has 1 aromatic heterocycles. The van der Waals surface area contributed by atoms with Gasteiger partial charge in [0, 0.05) is 7.05 Å². The van der Waals surface area contributed by atoms with Crippen LogP contribution >= 0.6 is 0 Å². The summed E-state index contributed by atoms with van der Waals surface area (Å²) in [5.41, 5.74) is 3.19. The molecule has 5 rings (SSSR count). The molecule has 1 heterocycles. The number of benzene rings is 4. The summed E-state index contributed by atoms with van der Waals surface area (Å²) in [5.74, 6) is -0.753. The highest BCUT2D eigenvalue weighted by Gasteiger charge is 2.30. The number of sulfonamides is 1. The van der Waals surface area contributed by atoms with Crippen LogP contribution in [-0.4, -0.2) is 40.4 Å². The van der Waals surface area contributed by atoms with E-state index in [9.17, 15) is 23.1 Å². The summed E-state index contributed by atoms with van der Waals surface area (Å²) in [6, 6.07) is 26.7. The van der Waals surface area contributed by atoms with Crippen LogP contribution < -0.4 is 5.56 Å². The Kier molecular flexibility index (Phi) is 7.81. The Bertz CT molecular complexity index is 1990. The fourth-order valence-corrected chi connectivity index (χ4v) is 6.30. The predicted octanol–water partition coefficient (Wildman–Crippen LogP) is 6.43. The molecule has 0 saturated heterocycles. The molecule has 0 fully saturated rings.